The van der Waals surface area contributed by atoms with Gasteiger partial charge in [-0.05, 0) is 30.5 Å². The van der Waals surface area contributed by atoms with Gasteiger partial charge in [0.1, 0.15) is 6.04 Å². The fraction of sp³-hybridized carbons (Fsp3) is 0.500. The zero-order valence-electron chi connectivity index (χ0n) is 14.2. The summed E-state index contributed by atoms with van der Waals surface area (Å²) in [5.74, 6) is -3.39. The lowest BCUT2D eigenvalue weighted by Crippen LogP contribution is -2.46. The van der Waals surface area contributed by atoms with Gasteiger partial charge < -0.3 is 15.5 Å². The SMILES string of the molecule is N#Cc1ccc(CN2CCC(NC(=O)NCCC3CC3(F)F)C2=O)cc1. The van der Waals surface area contributed by atoms with Crippen LogP contribution in [0.25, 0.3) is 0 Å². The molecule has 3 amide bonds. The van der Waals surface area contributed by atoms with Crippen molar-refractivity contribution in [3.63, 3.8) is 0 Å². The minimum atomic E-state index is -2.58. The number of hydrogen-bond donors (Lipinski definition) is 2. The van der Waals surface area contributed by atoms with E-state index < -0.39 is 23.9 Å². The molecule has 0 radical (unpaired) electrons. The van der Waals surface area contributed by atoms with Crippen molar-refractivity contribution in [1.82, 2.24) is 15.5 Å². The molecular weight excluding hydrogens is 342 g/mol. The minimum absolute atomic E-state index is 0.109. The molecule has 26 heavy (non-hydrogen) atoms. The van der Waals surface area contributed by atoms with E-state index in [9.17, 15) is 18.4 Å². The number of likely N-dealkylation sites (tertiary alicyclic amines) is 1. The van der Waals surface area contributed by atoms with Crippen molar-refractivity contribution in [2.45, 2.75) is 37.8 Å². The molecule has 138 valence electrons. The zero-order valence-corrected chi connectivity index (χ0v) is 14.2. The average molecular weight is 362 g/mol. The number of hydrogen-bond acceptors (Lipinski definition) is 3. The van der Waals surface area contributed by atoms with E-state index in [1.54, 1.807) is 29.2 Å². The normalized spacial score (nSPS) is 23.4. The number of amides is 3. The van der Waals surface area contributed by atoms with Crippen molar-refractivity contribution < 1.29 is 18.4 Å². The van der Waals surface area contributed by atoms with Crippen molar-refractivity contribution >= 4 is 11.9 Å². The van der Waals surface area contributed by atoms with E-state index >= 15 is 0 Å². The van der Waals surface area contributed by atoms with Crippen LogP contribution in [-0.4, -0.2) is 41.9 Å². The van der Waals surface area contributed by atoms with Gasteiger partial charge in [-0.1, -0.05) is 12.1 Å². The maximum absolute atomic E-state index is 12.8. The second kappa shape index (κ2) is 7.28. The van der Waals surface area contributed by atoms with Crippen LogP contribution in [0.5, 0.6) is 0 Å². The van der Waals surface area contributed by atoms with Crippen LogP contribution in [0.1, 0.15) is 30.4 Å². The second-order valence-corrected chi connectivity index (χ2v) is 6.76. The van der Waals surface area contributed by atoms with E-state index in [0.717, 1.165) is 5.56 Å². The zero-order chi connectivity index (χ0) is 18.7. The highest BCUT2D eigenvalue weighted by molar-refractivity contribution is 5.88. The summed E-state index contributed by atoms with van der Waals surface area (Å²) in [6.07, 6.45) is 0.634. The Morgan fingerprint density at radius 1 is 1.35 bits per heavy atom. The van der Waals surface area contributed by atoms with Gasteiger partial charge in [-0.2, -0.15) is 5.26 Å². The molecule has 0 spiro atoms. The Kier molecular flexibility index (Phi) is 5.07. The predicted molar refractivity (Wildman–Crippen MR) is 89.2 cm³/mol. The second-order valence-electron chi connectivity index (χ2n) is 6.76. The molecule has 2 aliphatic rings. The summed E-state index contributed by atoms with van der Waals surface area (Å²) >= 11 is 0. The summed E-state index contributed by atoms with van der Waals surface area (Å²) in [7, 11) is 0. The van der Waals surface area contributed by atoms with Crippen LogP contribution in [0.15, 0.2) is 24.3 Å². The molecule has 2 atom stereocenters. The minimum Gasteiger partial charge on any atom is -0.338 e. The summed E-state index contributed by atoms with van der Waals surface area (Å²) < 4.78 is 25.5. The van der Waals surface area contributed by atoms with Gasteiger partial charge in [-0.15, -0.1) is 0 Å². The van der Waals surface area contributed by atoms with E-state index in [1.165, 1.54) is 0 Å². The van der Waals surface area contributed by atoms with Gasteiger partial charge in [0, 0.05) is 32.0 Å². The van der Waals surface area contributed by atoms with Gasteiger partial charge in [0.15, 0.2) is 0 Å². The van der Waals surface area contributed by atoms with Gasteiger partial charge in [0.2, 0.25) is 5.91 Å². The molecule has 1 heterocycles. The number of nitrogens with one attached hydrogen (secondary N) is 2. The van der Waals surface area contributed by atoms with Gasteiger partial charge in [-0.3, -0.25) is 4.79 Å². The third-order valence-electron chi connectivity index (χ3n) is 4.79. The maximum Gasteiger partial charge on any atom is 0.315 e. The first-order valence-corrected chi connectivity index (χ1v) is 8.59. The first kappa shape index (κ1) is 18.1. The van der Waals surface area contributed by atoms with Crippen LogP contribution in [0.2, 0.25) is 0 Å². The van der Waals surface area contributed by atoms with E-state index in [1.807, 2.05) is 6.07 Å². The molecule has 1 aliphatic heterocycles. The van der Waals surface area contributed by atoms with Crippen LogP contribution in [-0.2, 0) is 11.3 Å². The fourth-order valence-corrected chi connectivity index (χ4v) is 3.09. The van der Waals surface area contributed by atoms with E-state index in [4.69, 9.17) is 5.26 Å². The molecule has 1 aromatic carbocycles. The smallest absolute Gasteiger partial charge is 0.315 e. The fourth-order valence-electron chi connectivity index (χ4n) is 3.09. The molecule has 1 saturated heterocycles. The molecule has 1 aromatic rings. The average Bonchev–Trinajstić information content (AvgIpc) is 3.09. The lowest BCUT2D eigenvalue weighted by Gasteiger charge is -2.17. The van der Waals surface area contributed by atoms with Crippen LogP contribution in [0.3, 0.4) is 0 Å². The Balaban J connectivity index is 1.41. The lowest BCUT2D eigenvalue weighted by atomic mass is 10.1. The largest absolute Gasteiger partial charge is 0.338 e. The van der Waals surface area contributed by atoms with Crippen molar-refractivity contribution in [2.24, 2.45) is 5.92 Å². The summed E-state index contributed by atoms with van der Waals surface area (Å²) in [6, 6.07) is 7.92. The highest BCUT2D eigenvalue weighted by atomic mass is 19.3. The quantitative estimate of drug-likeness (QED) is 0.812. The molecule has 2 N–H and O–H groups in total. The monoisotopic (exact) mass is 362 g/mol. The summed E-state index contributed by atoms with van der Waals surface area (Å²) in [4.78, 5) is 25.9. The van der Waals surface area contributed by atoms with E-state index in [-0.39, 0.29) is 25.3 Å². The summed E-state index contributed by atoms with van der Waals surface area (Å²) in [6.45, 7) is 1.11. The first-order chi connectivity index (χ1) is 12.4. The molecule has 6 nitrogen and oxygen atoms in total. The molecule has 0 aromatic heterocycles. The van der Waals surface area contributed by atoms with Crippen molar-refractivity contribution in [3.8, 4) is 6.07 Å². The van der Waals surface area contributed by atoms with E-state index in [0.29, 0.717) is 25.1 Å². The number of nitrogens with zero attached hydrogens (tertiary/aromatic N) is 2. The van der Waals surface area contributed by atoms with Crippen LogP contribution in [0, 0.1) is 17.2 Å². The molecule has 8 heteroatoms. The predicted octanol–water partition coefficient (Wildman–Crippen LogP) is 2.00. The Morgan fingerprint density at radius 2 is 2.04 bits per heavy atom. The standard InChI is InChI=1S/C18H20F2N4O2/c19-18(20)9-14(18)5-7-22-17(26)23-15-6-8-24(16(15)25)11-13-3-1-12(10-21)2-4-13/h1-4,14-15H,5-9,11H2,(H2,22,23,26). The topological polar surface area (TPSA) is 85.2 Å². The van der Waals surface area contributed by atoms with Gasteiger partial charge in [-0.25, -0.2) is 13.6 Å². The number of halogens is 2. The maximum atomic E-state index is 12.8. The Hall–Kier alpha value is -2.69. The molecule has 0 bridgehead atoms. The van der Waals surface area contributed by atoms with Crippen molar-refractivity contribution in [3.05, 3.63) is 35.4 Å². The molecule has 1 saturated carbocycles. The number of urea groups is 1. The van der Waals surface area contributed by atoms with Gasteiger partial charge >= 0.3 is 6.03 Å². The molecule has 2 unspecified atom stereocenters. The van der Waals surface area contributed by atoms with Crippen molar-refractivity contribution in [1.29, 1.82) is 5.26 Å². The summed E-state index contributed by atoms with van der Waals surface area (Å²) in [5, 5.41) is 13.9. The third kappa shape index (κ3) is 4.28. The van der Waals surface area contributed by atoms with Crippen LogP contribution >= 0.6 is 0 Å². The van der Waals surface area contributed by atoms with Crippen LogP contribution < -0.4 is 10.6 Å². The first-order valence-electron chi connectivity index (χ1n) is 8.59. The number of rotatable bonds is 6. The summed E-state index contributed by atoms with van der Waals surface area (Å²) in [5.41, 5.74) is 1.47. The highest BCUT2D eigenvalue weighted by Gasteiger charge is 2.55. The van der Waals surface area contributed by atoms with Gasteiger partial charge in [0.05, 0.1) is 11.6 Å². The highest BCUT2D eigenvalue weighted by Crippen LogP contribution is 2.50. The van der Waals surface area contributed by atoms with Crippen molar-refractivity contribution in [2.75, 3.05) is 13.1 Å². The molecular formula is C18H20F2N4O2. The number of benzene rings is 1. The molecule has 2 fully saturated rings. The van der Waals surface area contributed by atoms with Gasteiger partial charge in [0.25, 0.3) is 5.92 Å². The molecule has 3 rings (SSSR count). The Labute approximate surface area is 150 Å². The Bertz CT molecular complexity index is 730. The lowest BCUT2D eigenvalue weighted by molar-refractivity contribution is -0.129. The number of carbonyl (C=O) groups excluding carboxylic acids is 2. The van der Waals surface area contributed by atoms with E-state index in [2.05, 4.69) is 10.6 Å². The number of carbonyl (C=O) groups is 2. The van der Waals surface area contributed by atoms with Crippen LogP contribution in [0.4, 0.5) is 13.6 Å². The number of alkyl halides is 2. The third-order valence-corrected chi connectivity index (χ3v) is 4.79. The Morgan fingerprint density at radius 3 is 2.65 bits per heavy atom. The molecule has 1 aliphatic carbocycles. The number of nitriles is 1.